The molecule has 1 aliphatic heterocycles. The molecule has 1 unspecified atom stereocenters. The Morgan fingerprint density at radius 3 is 2.76 bits per heavy atom. The van der Waals surface area contributed by atoms with Gasteiger partial charge in [0.15, 0.2) is 5.82 Å². The van der Waals surface area contributed by atoms with Crippen LogP contribution in [0, 0.1) is 6.92 Å². The van der Waals surface area contributed by atoms with Crippen molar-refractivity contribution >= 4 is 5.91 Å². The second kappa shape index (κ2) is 9.30. The van der Waals surface area contributed by atoms with Crippen molar-refractivity contribution in [2.24, 2.45) is 0 Å². The minimum atomic E-state index is -0.0847. The monoisotopic (exact) mass is 440 g/mol. The van der Waals surface area contributed by atoms with Crippen molar-refractivity contribution in [2.45, 2.75) is 19.4 Å². The Bertz CT molecular complexity index is 1260. The van der Waals surface area contributed by atoms with Crippen molar-refractivity contribution in [2.75, 3.05) is 19.8 Å². The predicted octanol–water partition coefficient (Wildman–Crippen LogP) is 3.12. The number of para-hydroxylation sites is 1. The Morgan fingerprint density at radius 1 is 1.06 bits per heavy atom. The van der Waals surface area contributed by atoms with E-state index in [2.05, 4.69) is 32.3 Å². The van der Waals surface area contributed by atoms with Crippen LogP contribution in [0.2, 0.25) is 0 Å². The van der Waals surface area contributed by atoms with Crippen molar-refractivity contribution in [3.8, 4) is 17.1 Å². The zero-order valence-electron chi connectivity index (χ0n) is 18.3. The normalized spacial score (nSPS) is 16.0. The smallest absolute Gasteiger partial charge is 0.256 e. The van der Waals surface area contributed by atoms with Gasteiger partial charge in [-0.15, -0.1) is 0 Å². The molecule has 0 aliphatic carbocycles. The number of nitrogens with zero attached hydrogens (tertiary/aromatic N) is 6. The summed E-state index contributed by atoms with van der Waals surface area (Å²) in [4.78, 5) is 25.9. The molecule has 8 nitrogen and oxygen atoms in total. The van der Waals surface area contributed by atoms with Crippen molar-refractivity contribution in [3.05, 3.63) is 90.0 Å². The van der Waals surface area contributed by atoms with Gasteiger partial charge in [-0.1, -0.05) is 30.3 Å². The summed E-state index contributed by atoms with van der Waals surface area (Å²) >= 11 is 0. The van der Waals surface area contributed by atoms with Crippen LogP contribution in [0.3, 0.4) is 0 Å². The number of ether oxygens (including phenoxy) is 1. The summed E-state index contributed by atoms with van der Waals surface area (Å²) < 4.78 is 5.76. The highest BCUT2D eigenvalue weighted by atomic mass is 16.5. The molecule has 5 rings (SSSR count). The Hall–Kier alpha value is -3.91. The molecular weight excluding hydrogens is 416 g/mol. The Kier molecular flexibility index (Phi) is 5.91. The standard InChI is InChI=1S/C25H24N6O2/c1-18-9-10-26-24(29-18)20-6-4-5-19(15-20)16-21-17-33-14-13-30(21)25(32)22-7-2-3-8-23(22)31-27-11-12-28-31/h2-12,15,21H,13-14,16-17H2,1H3. The third kappa shape index (κ3) is 4.51. The molecule has 1 aliphatic rings. The van der Waals surface area contributed by atoms with Gasteiger partial charge >= 0.3 is 0 Å². The maximum Gasteiger partial charge on any atom is 0.256 e. The number of aromatic nitrogens is 5. The fourth-order valence-electron chi connectivity index (χ4n) is 4.11. The van der Waals surface area contributed by atoms with Crippen molar-refractivity contribution in [1.29, 1.82) is 0 Å². The van der Waals surface area contributed by atoms with Crippen molar-refractivity contribution < 1.29 is 9.53 Å². The lowest BCUT2D eigenvalue weighted by Gasteiger charge is -2.36. The van der Waals surface area contributed by atoms with E-state index < -0.39 is 0 Å². The van der Waals surface area contributed by atoms with Crippen molar-refractivity contribution in [1.82, 2.24) is 29.9 Å². The fraction of sp³-hybridized carbons (Fsp3) is 0.240. The Labute approximate surface area is 191 Å². The number of carbonyl (C=O) groups excluding carboxylic acids is 1. The van der Waals surface area contributed by atoms with Crippen LogP contribution in [-0.4, -0.2) is 61.6 Å². The molecular formula is C25H24N6O2. The van der Waals surface area contributed by atoms with E-state index >= 15 is 0 Å². The molecule has 1 atom stereocenters. The van der Waals surface area contributed by atoms with Crippen LogP contribution in [0.25, 0.3) is 17.1 Å². The van der Waals surface area contributed by atoms with Crippen LogP contribution in [0.5, 0.6) is 0 Å². The topological polar surface area (TPSA) is 86.0 Å². The van der Waals surface area contributed by atoms with Gasteiger partial charge in [0.05, 0.1) is 42.9 Å². The van der Waals surface area contributed by atoms with Gasteiger partial charge in [0, 0.05) is 24.0 Å². The Morgan fingerprint density at radius 2 is 1.91 bits per heavy atom. The first kappa shape index (κ1) is 21.0. The highest BCUT2D eigenvalue weighted by molar-refractivity contribution is 5.98. The lowest BCUT2D eigenvalue weighted by molar-refractivity contribution is -0.00164. The summed E-state index contributed by atoms with van der Waals surface area (Å²) in [5.74, 6) is 0.652. The number of morpholine rings is 1. The van der Waals surface area contributed by atoms with E-state index in [-0.39, 0.29) is 11.9 Å². The summed E-state index contributed by atoms with van der Waals surface area (Å²) in [6.07, 6.45) is 5.65. The molecule has 2 aromatic heterocycles. The van der Waals surface area contributed by atoms with Gasteiger partial charge in [-0.05, 0) is 43.2 Å². The molecule has 2 aromatic carbocycles. The van der Waals surface area contributed by atoms with Crippen LogP contribution in [0.4, 0.5) is 0 Å². The lowest BCUT2D eigenvalue weighted by Crippen LogP contribution is -2.50. The van der Waals surface area contributed by atoms with Gasteiger partial charge in [-0.3, -0.25) is 4.79 Å². The van der Waals surface area contributed by atoms with Crippen molar-refractivity contribution in [3.63, 3.8) is 0 Å². The van der Waals surface area contributed by atoms with Crippen LogP contribution in [-0.2, 0) is 11.2 Å². The lowest BCUT2D eigenvalue weighted by atomic mass is 10.0. The summed E-state index contributed by atoms with van der Waals surface area (Å²) in [6, 6.07) is 17.4. The molecule has 0 spiro atoms. The minimum Gasteiger partial charge on any atom is -0.377 e. The van der Waals surface area contributed by atoms with Gasteiger partial charge in [0.25, 0.3) is 5.91 Å². The van der Waals surface area contributed by atoms with E-state index in [9.17, 15) is 4.79 Å². The fourth-order valence-corrected chi connectivity index (χ4v) is 4.11. The summed E-state index contributed by atoms with van der Waals surface area (Å²) in [5.41, 5.74) is 4.22. The molecule has 0 saturated carbocycles. The molecule has 0 N–H and O–H groups in total. The summed E-state index contributed by atoms with van der Waals surface area (Å²) in [7, 11) is 0. The average Bonchev–Trinajstić information content (AvgIpc) is 3.39. The maximum absolute atomic E-state index is 13.6. The molecule has 1 amide bonds. The highest BCUT2D eigenvalue weighted by Crippen LogP contribution is 2.22. The zero-order valence-corrected chi connectivity index (χ0v) is 18.3. The second-order valence-corrected chi connectivity index (χ2v) is 7.99. The van der Waals surface area contributed by atoms with Crippen LogP contribution in [0.1, 0.15) is 21.6 Å². The first-order chi connectivity index (χ1) is 16.2. The predicted molar refractivity (Wildman–Crippen MR) is 123 cm³/mol. The summed E-state index contributed by atoms with van der Waals surface area (Å²) in [5, 5.41) is 8.41. The number of hydrogen-bond donors (Lipinski definition) is 0. The third-order valence-electron chi connectivity index (χ3n) is 5.71. The quantitative estimate of drug-likeness (QED) is 0.474. The molecule has 0 bridgehead atoms. The molecule has 3 heterocycles. The minimum absolute atomic E-state index is 0.0469. The van der Waals surface area contributed by atoms with Gasteiger partial charge in [-0.2, -0.15) is 15.0 Å². The van der Waals surface area contributed by atoms with Crippen LogP contribution < -0.4 is 0 Å². The molecule has 166 valence electrons. The maximum atomic E-state index is 13.6. The molecule has 1 fully saturated rings. The average molecular weight is 441 g/mol. The molecule has 1 saturated heterocycles. The first-order valence-corrected chi connectivity index (χ1v) is 10.9. The van der Waals surface area contributed by atoms with Crippen LogP contribution >= 0.6 is 0 Å². The van der Waals surface area contributed by atoms with E-state index in [4.69, 9.17) is 4.74 Å². The molecule has 33 heavy (non-hydrogen) atoms. The number of aryl methyl sites for hydroxylation is 1. The third-order valence-corrected chi connectivity index (χ3v) is 5.71. The van der Waals surface area contributed by atoms with Gasteiger partial charge < -0.3 is 9.64 Å². The number of rotatable bonds is 5. The van der Waals surface area contributed by atoms with Crippen LogP contribution in [0.15, 0.2) is 73.2 Å². The van der Waals surface area contributed by atoms with Gasteiger partial charge in [-0.25, -0.2) is 9.97 Å². The molecule has 0 radical (unpaired) electrons. The van der Waals surface area contributed by atoms with Gasteiger partial charge in [0.2, 0.25) is 0 Å². The second-order valence-electron chi connectivity index (χ2n) is 7.99. The number of carbonyl (C=O) groups is 1. The van der Waals surface area contributed by atoms with E-state index in [0.29, 0.717) is 43.3 Å². The Balaban J connectivity index is 1.41. The molecule has 8 heteroatoms. The largest absolute Gasteiger partial charge is 0.377 e. The first-order valence-electron chi connectivity index (χ1n) is 10.9. The summed E-state index contributed by atoms with van der Waals surface area (Å²) in [6.45, 7) is 3.49. The SMILES string of the molecule is Cc1ccnc(-c2cccc(CC3COCCN3C(=O)c3ccccc3-n3nccn3)c2)n1. The highest BCUT2D eigenvalue weighted by Gasteiger charge is 2.30. The van der Waals surface area contributed by atoms with E-state index in [0.717, 1.165) is 16.8 Å². The van der Waals surface area contributed by atoms with E-state index in [1.807, 2.05) is 54.3 Å². The zero-order chi connectivity index (χ0) is 22.6. The number of amides is 1. The van der Waals surface area contributed by atoms with E-state index in [1.165, 1.54) is 4.80 Å². The number of hydrogen-bond acceptors (Lipinski definition) is 6. The van der Waals surface area contributed by atoms with Gasteiger partial charge in [0.1, 0.15) is 0 Å². The van der Waals surface area contributed by atoms with E-state index in [1.54, 1.807) is 18.6 Å². The molecule has 4 aromatic rings. The number of benzene rings is 2.